The second-order valence-electron chi connectivity index (χ2n) is 5.32. The predicted octanol–water partition coefficient (Wildman–Crippen LogP) is 3.46. The largest absolute Gasteiger partial charge is 0.396 e. The van der Waals surface area contributed by atoms with Gasteiger partial charge < -0.3 is 10.4 Å². The maximum Gasteiger partial charge on any atom is 0.152 e. The summed E-state index contributed by atoms with van der Waals surface area (Å²) in [5.41, 5.74) is -0.647. The molecular formula is C14H18F3NO. The van der Waals surface area contributed by atoms with Crippen molar-refractivity contribution in [3.8, 4) is 0 Å². The molecule has 0 radical (unpaired) electrons. The summed E-state index contributed by atoms with van der Waals surface area (Å²) in [7, 11) is 0. The van der Waals surface area contributed by atoms with Crippen LogP contribution in [0.4, 0.5) is 18.9 Å². The summed E-state index contributed by atoms with van der Waals surface area (Å²) in [6.07, 6.45) is 4.82. The van der Waals surface area contributed by atoms with E-state index in [9.17, 15) is 18.3 Å². The number of hydrogen-bond donors (Lipinski definition) is 2. The fraction of sp³-hybridized carbons (Fsp3) is 0.571. The van der Waals surface area contributed by atoms with E-state index in [1.165, 1.54) is 0 Å². The molecule has 2 rings (SSSR count). The molecule has 0 bridgehead atoms. The van der Waals surface area contributed by atoms with Gasteiger partial charge in [0, 0.05) is 24.1 Å². The van der Waals surface area contributed by atoms with E-state index in [2.05, 4.69) is 5.32 Å². The van der Waals surface area contributed by atoms with Gasteiger partial charge in [0.15, 0.2) is 11.6 Å². The highest BCUT2D eigenvalue weighted by molar-refractivity contribution is 5.46. The van der Waals surface area contributed by atoms with Gasteiger partial charge in [-0.15, -0.1) is 0 Å². The molecule has 0 unspecified atom stereocenters. The fourth-order valence-electron chi connectivity index (χ4n) is 2.68. The summed E-state index contributed by atoms with van der Waals surface area (Å²) < 4.78 is 39.8. The average molecular weight is 273 g/mol. The van der Waals surface area contributed by atoms with E-state index < -0.39 is 17.5 Å². The number of aliphatic hydroxyl groups excluding tert-OH is 1. The van der Waals surface area contributed by atoms with Gasteiger partial charge in [-0.3, -0.25) is 0 Å². The van der Waals surface area contributed by atoms with E-state index in [0.717, 1.165) is 32.1 Å². The molecule has 2 nitrogen and oxygen atoms in total. The highest BCUT2D eigenvalue weighted by Gasteiger charge is 2.31. The van der Waals surface area contributed by atoms with E-state index in [0.29, 0.717) is 18.7 Å². The zero-order chi connectivity index (χ0) is 13.9. The molecule has 0 saturated heterocycles. The molecule has 1 saturated carbocycles. The van der Waals surface area contributed by atoms with Crippen molar-refractivity contribution < 1.29 is 18.3 Å². The van der Waals surface area contributed by atoms with Crippen LogP contribution in [0.5, 0.6) is 0 Å². The number of hydrogen-bond acceptors (Lipinski definition) is 2. The molecule has 2 N–H and O–H groups in total. The molecule has 0 spiro atoms. The van der Waals surface area contributed by atoms with Gasteiger partial charge in [-0.2, -0.15) is 0 Å². The highest BCUT2D eigenvalue weighted by atomic mass is 19.1. The lowest BCUT2D eigenvalue weighted by Crippen LogP contribution is -2.36. The van der Waals surface area contributed by atoms with E-state index in [4.69, 9.17) is 0 Å². The summed E-state index contributed by atoms with van der Waals surface area (Å²) in [5, 5.41) is 12.2. The maximum absolute atomic E-state index is 13.5. The number of rotatable bonds is 4. The zero-order valence-corrected chi connectivity index (χ0v) is 10.7. The Morgan fingerprint density at radius 1 is 1.05 bits per heavy atom. The van der Waals surface area contributed by atoms with Crippen molar-refractivity contribution in [2.75, 3.05) is 18.5 Å². The van der Waals surface area contributed by atoms with Gasteiger partial charge in [-0.1, -0.05) is 19.3 Å². The second kappa shape index (κ2) is 5.82. The van der Waals surface area contributed by atoms with Crippen molar-refractivity contribution in [2.24, 2.45) is 5.41 Å². The van der Waals surface area contributed by atoms with Crippen LogP contribution in [0.25, 0.3) is 0 Å². The lowest BCUT2D eigenvalue weighted by atomic mass is 9.74. The first kappa shape index (κ1) is 14.2. The smallest absolute Gasteiger partial charge is 0.152 e. The van der Waals surface area contributed by atoms with Gasteiger partial charge in [0.2, 0.25) is 0 Å². The van der Waals surface area contributed by atoms with Gasteiger partial charge in [0.05, 0.1) is 6.61 Å². The topological polar surface area (TPSA) is 32.3 Å². The van der Waals surface area contributed by atoms with E-state index in [-0.39, 0.29) is 17.7 Å². The summed E-state index contributed by atoms with van der Waals surface area (Å²) in [5.74, 6) is -2.82. The normalized spacial score (nSPS) is 18.3. The molecule has 1 aromatic rings. The monoisotopic (exact) mass is 273 g/mol. The maximum atomic E-state index is 13.5. The standard InChI is InChI=1S/C14H18F3NO/c15-10-6-11(16)13(12(17)7-10)18-8-14(9-19)4-2-1-3-5-14/h6-7,18-19H,1-5,8-9H2. The van der Waals surface area contributed by atoms with Crippen LogP contribution in [0.15, 0.2) is 12.1 Å². The Kier molecular flexibility index (Phi) is 4.34. The molecule has 0 heterocycles. The Morgan fingerprint density at radius 2 is 1.63 bits per heavy atom. The van der Waals surface area contributed by atoms with Crippen LogP contribution >= 0.6 is 0 Å². The van der Waals surface area contributed by atoms with Crippen LogP contribution in [0.1, 0.15) is 32.1 Å². The first-order valence-corrected chi connectivity index (χ1v) is 6.56. The lowest BCUT2D eigenvalue weighted by molar-refractivity contribution is 0.0942. The SMILES string of the molecule is OCC1(CNc2c(F)cc(F)cc2F)CCCCC1. The highest BCUT2D eigenvalue weighted by Crippen LogP contribution is 2.36. The summed E-state index contributed by atoms with van der Waals surface area (Å²) in [4.78, 5) is 0. The predicted molar refractivity (Wildman–Crippen MR) is 67.4 cm³/mol. The molecule has 106 valence electrons. The molecule has 1 aromatic carbocycles. The summed E-state index contributed by atoms with van der Waals surface area (Å²) >= 11 is 0. The van der Waals surface area contributed by atoms with E-state index >= 15 is 0 Å². The summed E-state index contributed by atoms with van der Waals surface area (Å²) in [6, 6.07) is 1.30. The molecule has 1 aliphatic carbocycles. The molecular weight excluding hydrogens is 255 g/mol. The first-order valence-electron chi connectivity index (χ1n) is 6.56. The number of halogens is 3. The quantitative estimate of drug-likeness (QED) is 0.880. The van der Waals surface area contributed by atoms with E-state index in [1.54, 1.807) is 0 Å². The molecule has 5 heteroatoms. The van der Waals surface area contributed by atoms with E-state index in [1.807, 2.05) is 0 Å². The Hall–Kier alpha value is -1.23. The molecule has 1 aliphatic rings. The van der Waals surface area contributed by atoms with Gasteiger partial charge >= 0.3 is 0 Å². The van der Waals surface area contributed by atoms with Crippen LogP contribution in [0.2, 0.25) is 0 Å². The Labute approximate surface area is 110 Å². The van der Waals surface area contributed by atoms with Crippen molar-refractivity contribution in [3.63, 3.8) is 0 Å². The summed E-state index contributed by atoms with van der Waals surface area (Å²) in [6.45, 7) is 0.285. The molecule has 0 amide bonds. The van der Waals surface area contributed by atoms with Gasteiger partial charge in [-0.05, 0) is 12.8 Å². The third kappa shape index (κ3) is 3.21. The molecule has 1 fully saturated rings. The Balaban J connectivity index is 2.09. The van der Waals surface area contributed by atoms with Gasteiger partial charge in [0.25, 0.3) is 0 Å². The van der Waals surface area contributed by atoms with Crippen molar-refractivity contribution >= 4 is 5.69 Å². The average Bonchev–Trinajstić information content (AvgIpc) is 2.38. The van der Waals surface area contributed by atoms with Crippen LogP contribution in [0.3, 0.4) is 0 Å². The first-order chi connectivity index (χ1) is 9.06. The number of aliphatic hydroxyl groups is 1. The van der Waals surface area contributed by atoms with Crippen LogP contribution in [0, 0.1) is 22.9 Å². The van der Waals surface area contributed by atoms with Crippen molar-refractivity contribution in [1.82, 2.24) is 0 Å². The van der Waals surface area contributed by atoms with Crippen LogP contribution in [-0.4, -0.2) is 18.3 Å². The van der Waals surface area contributed by atoms with Crippen molar-refractivity contribution in [1.29, 1.82) is 0 Å². The number of nitrogens with one attached hydrogen (secondary N) is 1. The molecule has 0 aliphatic heterocycles. The molecule has 19 heavy (non-hydrogen) atoms. The lowest BCUT2D eigenvalue weighted by Gasteiger charge is -2.36. The van der Waals surface area contributed by atoms with Crippen molar-refractivity contribution in [2.45, 2.75) is 32.1 Å². The Morgan fingerprint density at radius 3 is 2.16 bits per heavy atom. The molecule has 0 aromatic heterocycles. The zero-order valence-electron chi connectivity index (χ0n) is 10.7. The Bertz CT molecular complexity index is 421. The number of anilines is 1. The number of benzene rings is 1. The minimum atomic E-state index is -0.943. The third-order valence-corrected chi connectivity index (χ3v) is 3.90. The minimum Gasteiger partial charge on any atom is -0.396 e. The van der Waals surface area contributed by atoms with Crippen LogP contribution in [-0.2, 0) is 0 Å². The fourth-order valence-corrected chi connectivity index (χ4v) is 2.68. The van der Waals surface area contributed by atoms with Gasteiger partial charge in [0.1, 0.15) is 11.5 Å². The van der Waals surface area contributed by atoms with Gasteiger partial charge in [-0.25, -0.2) is 13.2 Å². The van der Waals surface area contributed by atoms with Crippen molar-refractivity contribution in [3.05, 3.63) is 29.6 Å². The third-order valence-electron chi connectivity index (χ3n) is 3.90. The second-order valence-corrected chi connectivity index (χ2v) is 5.32. The van der Waals surface area contributed by atoms with Crippen LogP contribution < -0.4 is 5.32 Å². The minimum absolute atomic E-state index is 0.00949. The molecule has 0 atom stereocenters.